The lowest BCUT2D eigenvalue weighted by atomic mass is 9.99. The zero-order valence-corrected chi connectivity index (χ0v) is 19.6. The lowest BCUT2D eigenvalue weighted by Gasteiger charge is -2.16. The van der Waals surface area contributed by atoms with E-state index in [-0.39, 0.29) is 17.2 Å². The minimum absolute atomic E-state index is 0.0620. The number of rotatable bonds is 5. The summed E-state index contributed by atoms with van der Waals surface area (Å²) < 4.78 is 80.9. The van der Waals surface area contributed by atoms with Crippen LogP contribution in [-0.4, -0.2) is 6.21 Å². The maximum atomic E-state index is 13.5. The van der Waals surface area contributed by atoms with Crippen LogP contribution >= 0.6 is 0 Å². The second-order valence-electron chi connectivity index (χ2n) is 8.30. The number of anilines is 1. The second kappa shape index (κ2) is 9.98. The average molecular weight is 490 g/mol. The molecule has 35 heavy (non-hydrogen) atoms. The van der Waals surface area contributed by atoms with Gasteiger partial charge < -0.3 is 5.32 Å². The van der Waals surface area contributed by atoms with Crippen molar-refractivity contribution in [3.05, 3.63) is 99.7 Å². The molecule has 0 unspecified atom stereocenters. The van der Waals surface area contributed by atoms with Gasteiger partial charge in [-0.3, -0.25) is 4.99 Å². The number of hydrogen-bond acceptors (Lipinski definition) is 2. The van der Waals surface area contributed by atoms with Crippen LogP contribution in [-0.2, 0) is 12.4 Å². The lowest BCUT2D eigenvalue weighted by molar-refractivity contribution is -0.143. The molecule has 0 spiro atoms. The van der Waals surface area contributed by atoms with E-state index >= 15 is 0 Å². The van der Waals surface area contributed by atoms with Crippen LogP contribution in [0.3, 0.4) is 0 Å². The molecule has 2 nitrogen and oxygen atoms in total. The second-order valence-corrected chi connectivity index (χ2v) is 8.30. The van der Waals surface area contributed by atoms with E-state index in [0.29, 0.717) is 23.5 Å². The van der Waals surface area contributed by atoms with Crippen molar-refractivity contribution in [2.45, 2.75) is 40.0 Å². The van der Waals surface area contributed by atoms with Gasteiger partial charge in [-0.15, -0.1) is 0 Å². The van der Waals surface area contributed by atoms with Crippen molar-refractivity contribution in [1.82, 2.24) is 0 Å². The molecule has 0 radical (unpaired) electrons. The molecule has 0 saturated carbocycles. The molecule has 184 valence electrons. The SMILES string of the molecule is Cc1cccc(C)c1N=C/C(=C\Nc1c(C)cccc1C)c1cc(C(F)(F)F)cc(C(F)(F)F)c1. The molecule has 1 N–H and O–H groups in total. The molecular formula is C27H24F6N2. The predicted octanol–water partition coefficient (Wildman–Crippen LogP) is 8.81. The Morgan fingerprint density at radius 1 is 0.714 bits per heavy atom. The van der Waals surface area contributed by atoms with Gasteiger partial charge in [-0.1, -0.05) is 36.4 Å². The molecule has 0 saturated heterocycles. The Hall–Kier alpha value is -3.55. The summed E-state index contributed by atoms with van der Waals surface area (Å²) in [7, 11) is 0. The van der Waals surface area contributed by atoms with E-state index in [9.17, 15) is 26.3 Å². The fourth-order valence-electron chi connectivity index (χ4n) is 3.65. The van der Waals surface area contributed by atoms with Crippen LogP contribution in [0.15, 0.2) is 65.8 Å². The third-order valence-corrected chi connectivity index (χ3v) is 5.55. The van der Waals surface area contributed by atoms with Crippen LogP contribution < -0.4 is 5.32 Å². The molecule has 0 heterocycles. The number of hydrogen-bond donors (Lipinski definition) is 1. The highest BCUT2D eigenvalue weighted by atomic mass is 19.4. The monoisotopic (exact) mass is 490 g/mol. The van der Waals surface area contributed by atoms with Crippen molar-refractivity contribution < 1.29 is 26.3 Å². The predicted molar refractivity (Wildman–Crippen MR) is 128 cm³/mol. The molecule has 0 fully saturated rings. The molecule has 0 atom stereocenters. The Morgan fingerprint density at radius 3 is 1.63 bits per heavy atom. The standard InChI is InChI=1S/C27H24F6N2/c1-16-7-5-8-17(2)24(16)34-14-21(15-35-25-18(3)9-6-10-19(25)4)20-11-22(26(28,29)30)13-23(12-20)27(31,32)33/h5-15,34H,1-4H3/b21-14+,35-15?. The van der Waals surface area contributed by atoms with E-state index in [1.165, 1.54) is 12.4 Å². The fraction of sp³-hybridized carbons (Fsp3) is 0.222. The largest absolute Gasteiger partial charge is 0.416 e. The number of para-hydroxylation sites is 2. The van der Waals surface area contributed by atoms with E-state index in [2.05, 4.69) is 10.3 Å². The summed E-state index contributed by atoms with van der Waals surface area (Å²) in [6.45, 7) is 7.34. The number of alkyl halides is 6. The van der Waals surface area contributed by atoms with Gasteiger partial charge in [0.25, 0.3) is 0 Å². The number of halogens is 6. The molecule has 3 rings (SSSR count). The zero-order chi connectivity index (χ0) is 26.0. The van der Waals surface area contributed by atoms with Gasteiger partial charge in [0.15, 0.2) is 0 Å². The molecule has 3 aromatic rings. The molecule has 0 amide bonds. The smallest absolute Gasteiger partial charge is 0.361 e. The summed E-state index contributed by atoms with van der Waals surface area (Å²) in [5, 5.41) is 3.05. The minimum Gasteiger partial charge on any atom is -0.361 e. The Labute approximate surface area is 200 Å². The minimum atomic E-state index is -4.95. The third kappa shape index (κ3) is 6.32. The van der Waals surface area contributed by atoms with Crippen molar-refractivity contribution in [3.63, 3.8) is 0 Å². The first-order valence-corrected chi connectivity index (χ1v) is 10.7. The molecule has 0 aromatic heterocycles. The first-order valence-electron chi connectivity index (χ1n) is 10.7. The van der Waals surface area contributed by atoms with Crippen LogP contribution in [0.1, 0.15) is 38.9 Å². The van der Waals surface area contributed by atoms with Gasteiger partial charge >= 0.3 is 12.4 Å². The van der Waals surface area contributed by atoms with Gasteiger partial charge in [-0.05, 0) is 73.7 Å². The van der Waals surface area contributed by atoms with Gasteiger partial charge in [0.2, 0.25) is 0 Å². The summed E-state index contributed by atoms with van der Waals surface area (Å²) >= 11 is 0. The van der Waals surface area contributed by atoms with Crippen molar-refractivity contribution in [1.29, 1.82) is 0 Å². The molecule has 0 bridgehead atoms. The van der Waals surface area contributed by atoms with Crippen LogP contribution in [0.4, 0.5) is 37.7 Å². The number of nitrogens with one attached hydrogen (secondary N) is 1. The molecular weight excluding hydrogens is 466 g/mol. The van der Waals surface area contributed by atoms with Crippen molar-refractivity contribution in [2.24, 2.45) is 4.99 Å². The molecule has 3 aromatic carbocycles. The summed E-state index contributed by atoms with van der Waals surface area (Å²) in [5.74, 6) is 0. The van der Waals surface area contributed by atoms with Gasteiger partial charge in [0.1, 0.15) is 0 Å². The topological polar surface area (TPSA) is 24.4 Å². The quantitative estimate of drug-likeness (QED) is 0.280. The molecule has 0 aliphatic carbocycles. The summed E-state index contributed by atoms with van der Waals surface area (Å²) in [5.41, 5.74) is 1.70. The summed E-state index contributed by atoms with van der Waals surface area (Å²) in [6, 6.07) is 12.5. The number of benzene rings is 3. The Morgan fingerprint density at radius 2 is 1.17 bits per heavy atom. The highest BCUT2D eigenvalue weighted by Crippen LogP contribution is 2.38. The Bertz CT molecular complexity index is 1210. The van der Waals surface area contributed by atoms with Crippen LogP contribution in [0, 0.1) is 27.7 Å². The van der Waals surface area contributed by atoms with E-state index < -0.39 is 23.5 Å². The Balaban J connectivity index is 2.20. The third-order valence-electron chi connectivity index (χ3n) is 5.55. The number of allylic oxidation sites excluding steroid dienone is 1. The maximum Gasteiger partial charge on any atom is 0.416 e. The summed E-state index contributed by atoms with van der Waals surface area (Å²) in [6.07, 6.45) is -7.25. The first kappa shape index (κ1) is 26.1. The van der Waals surface area contributed by atoms with E-state index in [0.717, 1.165) is 22.3 Å². The highest BCUT2D eigenvalue weighted by Gasteiger charge is 2.37. The van der Waals surface area contributed by atoms with Crippen molar-refractivity contribution >= 4 is 23.2 Å². The zero-order valence-electron chi connectivity index (χ0n) is 19.6. The lowest BCUT2D eigenvalue weighted by Crippen LogP contribution is -2.12. The summed E-state index contributed by atoms with van der Waals surface area (Å²) in [4.78, 5) is 4.43. The molecule has 8 heteroatoms. The van der Waals surface area contributed by atoms with E-state index in [1.807, 2.05) is 64.1 Å². The first-order chi connectivity index (χ1) is 16.3. The van der Waals surface area contributed by atoms with E-state index in [4.69, 9.17) is 0 Å². The average Bonchev–Trinajstić information content (AvgIpc) is 2.75. The highest BCUT2D eigenvalue weighted by molar-refractivity contribution is 6.11. The van der Waals surface area contributed by atoms with Crippen molar-refractivity contribution in [3.8, 4) is 0 Å². The number of nitrogens with zero attached hydrogens (tertiary/aromatic N) is 1. The number of aliphatic imine (C=N–C) groups is 1. The normalized spacial score (nSPS) is 12.9. The van der Waals surface area contributed by atoms with Gasteiger partial charge in [-0.25, -0.2) is 0 Å². The van der Waals surface area contributed by atoms with Gasteiger partial charge in [0, 0.05) is 23.7 Å². The van der Waals surface area contributed by atoms with Gasteiger partial charge in [-0.2, -0.15) is 26.3 Å². The van der Waals surface area contributed by atoms with Crippen LogP contribution in [0.2, 0.25) is 0 Å². The van der Waals surface area contributed by atoms with Gasteiger partial charge in [0.05, 0.1) is 16.8 Å². The fourth-order valence-corrected chi connectivity index (χ4v) is 3.65. The van der Waals surface area contributed by atoms with Crippen LogP contribution in [0.25, 0.3) is 5.57 Å². The molecule has 0 aliphatic heterocycles. The molecule has 0 aliphatic rings. The maximum absolute atomic E-state index is 13.5. The van der Waals surface area contributed by atoms with E-state index in [1.54, 1.807) is 0 Å². The van der Waals surface area contributed by atoms with Crippen LogP contribution in [0.5, 0.6) is 0 Å². The van der Waals surface area contributed by atoms with Crippen molar-refractivity contribution in [2.75, 3.05) is 5.32 Å². The number of aryl methyl sites for hydroxylation is 4. The Kier molecular flexibility index (Phi) is 7.43.